The molecule has 1 amide bonds. The molecule has 0 saturated carbocycles. The predicted octanol–water partition coefficient (Wildman–Crippen LogP) is 4.81. The predicted molar refractivity (Wildman–Crippen MR) is 93.1 cm³/mol. The van der Waals surface area contributed by atoms with E-state index < -0.39 is 0 Å². The summed E-state index contributed by atoms with van der Waals surface area (Å²) in [7, 11) is 0. The summed E-state index contributed by atoms with van der Waals surface area (Å²) in [5, 5.41) is 2.98. The van der Waals surface area contributed by atoms with Gasteiger partial charge in [0.2, 0.25) is 0 Å². The molecule has 0 radical (unpaired) electrons. The van der Waals surface area contributed by atoms with Gasteiger partial charge in [-0.05, 0) is 47.8 Å². The second kappa shape index (κ2) is 7.05. The first kappa shape index (κ1) is 14.5. The van der Waals surface area contributed by atoms with Gasteiger partial charge in [-0.15, -0.1) is 23.5 Å². The SMILES string of the molecule is O=C(Nc1cccc(C2SCCCS2)c1)c1ccccc1. The quantitative estimate of drug-likeness (QED) is 0.881. The monoisotopic (exact) mass is 315 g/mol. The lowest BCUT2D eigenvalue weighted by Crippen LogP contribution is -2.12. The Hall–Kier alpha value is -1.39. The fraction of sp³-hybridized carbons (Fsp3) is 0.235. The summed E-state index contributed by atoms with van der Waals surface area (Å²) in [4.78, 5) is 12.2. The zero-order valence-electron chi connectivity index (χ0n) is 11.6. The van der Waals surface area contributed by atoms with Crippen molar-refractivity contribution in [3.05, 3.63) is 65.7 Å². The third kappa shape index (κ3) is 3.83. The van der Waals surface area contributed by atoms with E-state index in [0.29, 0.717) is 10.1 Å². The van der Waals surface area contributed by atoms with Crippen molar-refractivity contribution >= 4 is 35.1 Å². The summed E-state index contributed by atoms with van der Waals surface area (Å²) < 4.78 is 0.493. The van der Waals surface area contributed by atoms with Crippen LogP contribution >= 0.6 is 23.5 Å². The van der Waals surface area contributed by atoms with Crippen LogP contribution in [0.15, 0.2) is 54.6 Å². The first-order valence-electron chi connectivity index (χ1n) is 7.02. The molecule has 2 aromatic carbocycles. The third-order valence-corrected chi connectivity index (χ3v) is 6.29. The van der Waals surface area contributed by atoms with Crippen LogP contribution in [-0.4, -0.2) is 17.4 Å². The number of anilines is 1. The Morgan fingerprint density at radius 1 is 1.00 bits per heavy atom. The van der Waals surface area contributed by atoms with Gasteiger partial charge in [0.05, 0.1) is 4.58 Å². The zero-order chi connectivity index (χ0) is 14.5. The minimum Gasteiger partial charge on any atom is -0.322 e. The Balaban J connectivity index is 1.72. The van der Waals surface area contributed by atoms with E-state index in [1.165, 1.54) is 23.5 Å². The van der Waals surface area contributed by atoms with Crippen LogP contribution in [0.4, 0.5) is 5.69 Å². The molecule has 2 aromatic rings. The van der Waals surface area contributed by atoms with Gasteiger partial charge in [-0.2, -0.15) is 0 Å². The molecular formula is C17H17NOS2. The van der Waals surface area contributed by atoms with Crippen molar-refractivity contribution in [1.82, 2.24) is 0 Å². The Kier molecular flexibility index (Phi) is 4.88. The van der Waals surface area contributed by atoms with Gasteiger partial charge in [-0.1, -0.05) is 30.3 Å². The van der Waals surface area contributed by atoms with Crippen molar-refractivity contribution in [3.63, 3.8) is 0 Å². The molecule has 1 aliphatic rings. The van der Waals surface area contributed by atoms with Gasteiger partial charge >= 0.3 is 0 Å². The van der Waals surface area contributed by atoms with Crippen molar-refractivity contribution in [3.8, 4) is 0 Å². The van der Waals surface area contributed by atoms with Gasteiger partial charge in [0.15, 0.2) is 0 Å². The molecule has 0 aliphatic carbocycles. The maximum atomic E-state index is 12.2. The molecular weight excluding hydrogens is 298 g/mol. The molecule has 0 unspecified atom stereocenters. The number of rotatable bonds is 3. The number of hydrogen-bond donors (Lipinski definition) is 1. The second-order valence-corrected chi connectivity index (χ2v) is 7.60. The van der Waals surface area contributed by atoms with Crippen LogP contribution in [-0.2, 0) is 0 Å². The lowest BCUT2D eigenvalue weighted by atomic mass is 10.2. The van der Waals surface area contributed by atoms with Crippen LogP contribution in [0, 0.1) is 0 Å². The van der Waals surface area contributed by atoms with Crippen molar-refractivity contribution in [2.75, 3.05) is 16.8 Å². The highest BCUT2D eigenvalue weighted by Gasteiger charge is 2.17. The summed E-state index contributed by atoms with van der Waals surface area (Å²) >= 11 is 3.98. The molecule has 108 valence electrons. The van der Waals surface area contributed by atoms with E-state index in [-0.39, 0.29) is 5.91 Å². The van der Waals surface area contributed by atoms with E-state index in [1.54, 1.807) is 0 Å². The number of hydrogen-bond acceptors (Lipinski definition) is 3. The maximum absolute atomic E-state index is 12.2. The molecule has 1 heterocycles. The van der Waals surface area contributed by atoms with Gasteiger partial charge in [0.1, 0.15) is 0 Å². The highest BCUT2D eigenvalue weighted by Crippen LogP contribution is 2.44. The van der Waals surface area contributed by atoms with Crippen LogP contribution in [0.3, 0.4) is 0 Å². The fourth-order valence-electron chi connectivity index (χ4n) is 2.24. The van der Waals surface area contributed by atoms with Gasteiger partial charge in [0, 0.05) is 11.3 Å². The number of carbonyl (C=O) groups is 1. The molecule has 0 atom stereocenters. The van der Waals surface area contributed by atoms with Gasteiger partial charge in [0.25, 0.3) is 5.91 Å². The van der Waals surface area contributed by atoms with Gasteiger partial charge in [-0.3, -0.25) is 4.79 Å². The first-order chi connectivity index (χ1) is 10.3. The van der Waals surface area contributed by atoms with Crippen molar-refractivity contribution in [2.45, 2.75) is 11.0 Å². The number of nitrogens with one attached hydrogen (secondary N) is 1. The Morgan fingerprint density at radius 2 is 1.76 bits per heavy atom. The summed E-state index contributed by atoms with van der Waals surface area (Å²) in [5.41, 5.74) is 2.84. The second-order valence-electron chi connectivity index (χ2n) is 4.87. The minimum absolute atomic E-state index is 0.0586. The highest BCUT2D eigenvalue weighted by molar-refractivity contribution is 8.16. The normalized spacial score (nSPS) is 15.6. The van der Waals surface area contributed by atoms with Crippen molar-refractivity contribution in [1.29, 1.82) is 0 Å². The van der Waals surface area contributed by atoms with Crippen LogP contribution < -0.4 is 5.32 Å². The van der Waals surface area contributed by atoms with E-state index in [9.17, 15) is 4.79 Å². The Labute approximate surface area is 133 Å². The van der Waals surface area contributed by atoms with Crippen LogP contribution in [0.5, 0.6) is 0 Å². The van der Waals surface area contributed by atoms with Gasteiger partial charge in [-0.25, -0.2) is 0 Å². The van der Waals surface area contributed by atoms with Crippen molar-refractivity contribution in [2.24, 2.45) is 0 Å². The lowest BCUT2D eigenvalue weighted by molar-refractivity contribution is 0.102. The molecule has 0 bridgehead atoms. The van der Waals surface area contributed by atoms with E-state index in [2.05, 4.69) is 17.4 Å². The van der Waals surface area contributed by atoms with E-state index in [4.69, 9.17) is 0 Å². The van der Waals surface area contributed by atoms with E-state index in [0.717, 1.165) is 5.69 Å². The number of amides is 1. The summed E-state index contributed by atoms with van der Waals surface area (Å²) in [6.07, 6.45) is 1.29. The van der Waals surface area contributed by atoms with E-state index in [1.807, 2.05) is 66.0 Å². The lowest BCUT2D eigenvalue weighted by Gasteiger charge is -2.21. The minimum atomic E-state index is -0.0586. The average molecular weight is 315 g/mol. The smallest absolute Gasteiger partial charge is 0.255 e. The molecule has 1 fully saturated rings. The molecule has 21 heavy (non-hydrogen) atoms. The molecule has 0 spiro atoms. The summed E-state index contributed by atoms with van der Waals surface area (Å²) in [5.74, 6) is 2.38. The van der Waals surface area contributed by atoms with E-state index >= 15 is 0 Å². The van der Waals surface area contributed by atoms with Crippen LogP contribution in [0.2, 0.25) is 0 Å². The molecule has 1 aliphatic heterocycles. The number of thioether (sulfide) groups is 2. The van der Waals surface area contributed by atoms with Crippen LogP contribution in [0.1, 0.15) is 26.9 Å². The summed E-state index contributed by atoms with van der Waals surface area (Å²) in [6, 6.07) is 17.5. The number of benzene rings is 2. The molecule has 0 aromatic heterocycles. The van der Waals surface area contributed by atoms with Crippen LogP contribution in [0.25, 0.3) is 0 Å². The van der Waals surface area contributed by atoms with Gasteiger partial charge < -0.3 is 5.32 Å². The zero-order valence-corrected chi connectivity index (χ0v) is 13.3. The van der Waals surface area contributed by atoms with Crippen molar-refractivity contribution < 1.29 is 4.79 Å². The first-order valence-corrected chi connectivity index (χ1v) is 9.12. The molecule has 1 saturated heterocycles. The molecule has 2 nitrogen and oxygen atoms in total. The Bertz CT molecular complexity index is 609. The third-order valence-electron chi connectivity index (χ3n) is 3.28. The molecule has 4 heteroatoms. The highest BCUT2D eigenvalue weighted by atomic mass is 32.2. The maximum Gasteiger partial charge on any atom is 0.255 e. The molecule has 1 N–H and O–H groups in total. The topological polar surface area (TPSA) is 29.1 Å². The summed E-state index contributed by atoms with van der Waals surface area (Å²) in [6.45, 7) is 0. The number of carbonyl (C=O) groups excluding carboxylic acids is 1. The Morgan fingerprint density at radius 3 is 2.52 bits per heavy atom. The standard InChI is InChI=1S/C17H17NOS2/c19-16(13-6-2-1-3-7-13)18-15-9-4-8-14(12-15)17-20-10-5-11-21-17/h1-4,6-9,12,17H,5,10-11H2,(H,18,19). The molecule has 3 rings (SSSR count). The average Bonchev–Trinajstić information content (AvgIpc) is 2.57. The fourth-order valence-corrected chi connectivity index (χ4v) is 5.11. The largest absolute Gasteiger partial charge is 0.322 e.